The van der Waals surface area contributed by atoms with Gasteiger partial charge >= 0.3 is 0 Å². The fourth-order valence-corrected chi connectivity index (χ4v) is 3.89. The highest BCUT2D eigenvalue weighted by Crippen LogP contribution is 2.21. The van der Waals surface area contributed by atoms with Crippen LogP contribution in [-0.2, 0) is 16.1 Å². The van der Waals surface area contributed by atoms with Crippen LogP contribution in [0.5, 0.6) is 0 Å². The summed E-state index contributed by atoms with van der Waals surface area (Å²) in [7, 11) is 0. The molecule has 3 amide bonds. The largest absolute Gasteiger partial charge is 0.342 e. The molecule has 0 radical (unpaired) electrons. The Morgan fingerprint density at radius 3 is 2.41 bits per heavy atom. The molecule has 1 aliphatic rings. The maximum absolute atomic E-state index is 13.1. The summed E-state index contributed by atoms with van der Waals surface area (Å²) >= 11 is 0. The number of nitrogens with one attached hydrogen (secondary N) is 1. The zero-order valence-electron chi connectivity index (χ0n) is 19.2. The fourth-order valence-electron chi connectivity index (χ4n) is 3.89. The van der Waals surface area contributed by atoms with Crippen molar-refractivity contribution < 1.29 is 14.4 Å². The lowest BCUT2D eigenvalue weighted by Crippen LogP contribution is -2.36. The molecule has 6 heteroatoms. The van der Waals surface area contributed by atoms with Gasteiger partial charge in [-0.2, -0.15) is 0 Å². The Morgan fingerprint density at radius 2 is 1.78 bits per heavy atom. The molecular formula is C26H33N3O3. The van der Waals surface area contributed by atoms with E-state index >= 15 is 0 Å². The maximum Gasteiger partial charge on any atom is 0.254 e. The van der Waals surface area contributed by atoms with E-state index in [-0.39, 0.29) is 36.1 Å². The van der Waals surface area contributed by atoms with E-state index in [1.165, 1.54) is 0 Å². The number of unbranched alkanes of at least 4 members (excludes halogenated alkanes) is 1. The Bertz CT molecular complexity index is 925. The van der Waals surface area contributed by atoms with Crippen LogP contribution in [0.15, 0.2) is 54.6 Å². The molecule has 0 spiro atoms. The van der Waals surface area contributed by atoms with Gasteiger partial charge in [-0.1, -0.05) is 43.7 Å². The van der Waals surface area contributed by atoms with Gasteiger partial charge in [-0.05, 0) is 50.1 Å². The number of hydrogen-bond acceptors (Lipinski definition) is 3. The Kier molecular flexibility index (Phi) is 8.03. The molecule has 1 saturated heterocycles. The molecule has 2 aromatic rings. The number of carbonyl (C=O) groups is 3. The SMILES string of the molecule is CCCCN1CC(C(=O)Nc2ccc(C(=O)N(Cc3ccccc3)C(C)C)cc2)CC1=O. The Labute approximate surface area is 190 Å². The topological polar surface area (TPSA) is 69.7 Å². The highest BCUT2D eigenvalue weighted by Gasteiger charge is 2.33. The molecule has 2 aromatic carbocycles. The molecule has 1 unspecified atom stereocenters. The van der Waals surface area contributed by atoms with Gasteiger partial charge in [0.2, 0.25) is 11.8 Å². The summed E-state index contributed by atoms with van der Waals surface area (Å²) in [5, 5.41) is 2.90. The Hall–Kier alpha value is -3.15. The predicted octanol–water partition coefficient (Wildman–Crippen LogP) is 4.32. The van der Waals surface area contributed by atoms with Gasteiger partial charge in [0.25, 0.3) is 5.91 Å². The van der Waals surface area contributed by atoms with Crippen molar-refractivity contribution in [3.63, 3.8) is 0 Å². The van der Waals surface area contributed by atoms with E-state index in [1.807, 2.05) is 49.1 Å². The summed E-state index contributed by atoms with van der Waals surface area (Å²) in [5.74, 6) is -0.478. The van der Waals surface area contributed by atoms with E-state index in [4.69, 9.17) is 0 Å². The fraction of sp³-hybridized carbons (Fsp3) is 0.423. The third-order valence-corrected chi connectivity index (χ3v) is 5.85. The average molecular weight is 436 g/mol. The molecule has 0 bridgehead atoms. The Morgan fingerprint density at radius 1 is 1.09 bits per heavy atom. The Balaban J connectivity index is 1.61. The third-order valence-electron chi connectivity index (χ3n) is 5.85. The van der Waals surface area contributed by atoms with E-state index in [0.29, 0.717) is 30.9 Å². The lowest BCUT2D eigenvalue weighted by atomic mass is 10.1. The van der Waals surface area contributed by atoms with Gasteiger partial charge in [-0.25, -0.2) is 0 Å². The van der Waals surface area contributed by atoms with E-state index in [1.54, 1.807) is 29.2 Å². The summed E-state index contributed by atoms with van der Waals surface area (Å²) in [6.45, 7) is 7.82. The number of rotatable bonds is 9. The summed E-state index contributed by atoms with van der Waals surface area (Å²) in [4.78, 5) is 41.5. The van der Waals surface area contributed by atoms with Crippen LogP contribution >= 0.6 is 0 Å². The maximum atomic E-state index is 13.1. The molecule has 1 atom stereocenters. The molecule has 1 N–H and O–H groups in total. The minimum absolute atomic E-state index is 0.0466. The van der Waals surface area contributed by atoms with E-state index in [9.17, 15) is 14.4 Å². The second-order valence-electron chi connectivity index (χ2n) is 8.67. The number of amides is 3. The number of likely N-dealkylation sites (tertiary alicyclic amines) is 1. The van der Waals surface area contributed by atoms with Crippen molar-refractivity contribution >= 4 is 23.4 Å². The molecule has 170 valence electrons. The molecule has 0 aliphatic carbocycles. The van der Waals surface area contributed by atoms with Crippen LogP contribution in [0.4, 0.5) is 5.69 Å². The molecule has 1 fully saturated rings. The third kappa shape index (κ3) is 5.96. The summed E-state index contributed by atoms with van der Waals surface area (Å²) in [6, 6.07) is 17.0. The first kappa shape index (κ1) is 23.5. The smallest absolute Gasteiger partial charge is 0.254 e. The van der Waals surface area contributed by atoms with Crippen molar-refractivity contribution in [3.8, 4) is 0 Å². The minimum Gasteiger partial charge on any atom is -0.342 e. The quantitative estimate of drug-likeness (QED) is 0.638. The predicted molar refractivity (Wildman–Crippen MR) is 126 cm³/mol. The van der Waals surface area contributed by atoms with Crippen LogP contribution in [0, 0.1) is 5.92 Å². The molecule has 1 aliphatic heterocycles. The lowest BCUT2D eigenvalue weighted by molar-refractivity contribution is -0.128. The van der Waals surface area contributed by atoms with Crippen molar-refractivity contribution in [2.45, 2.75) is 52.6 Å². The van der Waals surface area contributed by atoms with E-state index in [2.05, 4.69) is 12.2 Å². The van der Waals surface area contributed by atoms with Gasteiger partial charge in [0, 0.05) is 43.3 Å². The van der Waals surface area contributed by atoms with Crippen LogP contribution in [0.25, 0.3) is 0 Å². The molecule has 32 heavy (non-hydrogen) atoms. The van der Waals surface area contributed by atoms with Gasteiger partial charge in [-0.3, -0.25) is 14.4 Å². The highest BCUT2D eigenvalue weighted by molar-refractivity contribution is 5.98. The van der Waals surface area contributed by atoms with Crippen LogP contribution in [0.3, 0.4) is 0 Å². The first-order chi connectivity index (χ1) is 15.4. The molecule has 0 saturated carbocycles. The highest BCUT2D eigenvalue weighted by atomic mass is 16.2. The lowest BCUT2D eigenvalue weighted by Gasteiger charge is -2.27. The van der Waals surface area contributed by atoms with Crippen molar-refractivity contribution in [2.75, 3.05) is 18.4 Å². The van der Waals surface area contributed by atoms with Crippen LogP contribution in [0.1, 0.15) is 56.0 Å². The molecular weight excluding hydrogens is 402 g/mol. The standard InChI is InChI=1S/C26H33N3O3/c1-4-5-15-28-18-22(16-24(28)30)25(31)27-23-13-11-21(12-14-23)26(32)29(19(2)3)17-20-9-7-6-8-10-20/h6-14,19,22H,4-5,15-18H2,1-3H3,(H,27,31). The van der Waals surface area contributed by atoms with Crippen molar-refractivity contribution in [2.24, 2.45) is 5.92 Å². The zero-order chi connectivity index (χ0) is 23.1. The molecule has 1 heterocycles. The second kappa shape index (κ2) is 10.9. The van der Waals surface area contributed by atoms with Gasteiger partial charge in [-0.15, -0.1) is 0 Å². The first-order valence-corrected chi connectivity index (χ1v) is 11.4. The van der Waals surface area contributed by atoms with Crippen molar-refractivity contribution in [3.05, 3.63) is 65.7 Å². The van der Waals surface area contributed by atoms with Crippen molar-refractivity contribution in [1.29, 1.82) is 0 Å². The summed E-state index contributed by atoms with van der Waals surface area (Å²) < 4.78 is 0. The molecule has 0 aromatic heterocycles. The number of carbonyl (C=O) groups excluding carboxylic acids is 3. The number of nitrogens with zero attached hydrogens (tertiary/aromatic N) is 2. The molecule has 3 rings (SSSR count). The summed E-state index contributed by atoms with van der Waals surface area (Å²) in [5.41, 5.74) is 2.29. The summed E-state index contributed by atoms with van der Waals surface area (Å²) in [6.07, 6.45) is 2.23. The van der Waals surface area contributed by atoms with Gasteiger partial charge in [0.1, 0.15) is 0 Å². The van der Waals surface area contributed by atoms with Crippen LogP contribution in [0.2, 0.25) is 0 Å². The van der Waals surface area contributed by atoms with Gasteiger partial charge in [0.15, 0.2) is 0 Å². The van der Waals surface area contributed by atoms with Gasteiger partial charge < -0.3 is 15.1 Å². The average Bonchev–Trinajstić information content (AvgIpc) is 3.17. The zero-order valence-corrected chi connectivity index (χ0v) is 19.2. The monoisotopic (exact) mass is 435 g/mol. The molecule has 6 nitrogen and oxygen atoms in total. The second-order valence-corrected chi connectivity index (χ2v) is 8.67. The van der Waals surface area contributed by atoms with Gasteiger partial charge in [0.05, 0.1) is 5.92 Å². The van der Waals surface area contributed by atoms with Crippen LogP contribution in [-0.4, -0.2) is 46.7 Å². The van der Waals surface area contributed by atoms with E-state index in [0.717, 1.165) is 18.4 Å². The van der Waals surface area contributed by atoms with Crippen LogP contribution < -0.4 is 5.32 Å². The normalized spacial score (nSPS) is 15.8. The number of anilines is 1. The minimum atomic E-state index is -0.331. The number of hydrogen-bond donors (Lipinski definition) is 1. The first-order valence-electron chi connectivity index (χ1n) is 11.4. The number of benzene rings is 2. The van der Waals surface area contributed by atoms with Crippen molar-refractivity contribution in [1.82, 2.24) is 9.80 Å². The van der Waals surface area contributed by atoms with E-state index < -0.39 is 0 Å².